The third kappa shape index (κ3) is 8.52. The first-order valence-corrected chi connectivity index (χ1v) is 6.00. The molecule has 110 valence electrons. The molecule has 0 radical (unpaired) electrons. The highest BCUT2D eigenvalue weighted by Gasteiger charge is 2.08. The standard InChI is InChI=1S/C12H17N3O5/c1-2-20-11(18)4-5-14-8-9(7-13)12(19)15-6-3-10(16)17/h8,14H,2-6H2,1H3,(H,15,19)(H,16,17)/b9-8-. The minimum Gasteiger partial charge on any atom is -0.481 e. The monoisotopic (exact) mass is 283 g/mol. The largest absolute Gasteiger partial charge is 0.481 e. The number of carboxylic acid groups (broad SMARTS) is 1. The van der Waals surface area contributed by atoms with E-state index >= 15 is 0 Å². The highest BCUT2D eigenvalue weighted by Crippen LogP contribution is 1.91. The molecule has 3 N–H and O–H groups in total. The van der Waals surface area contributed by atoms with Gasteiger partial charge in [0, 0.05) is 19.3 Å². The Morgan fingerprint density at radius 3 is 2.55 bits per heavy atom. The molecule has 0 heterocycles. The van der Waals surface area contributed by atoms with Crippen LogP contribution in [-0.4, -0.2) is 42.6 Å². The van der Waals surface area contributed by atoms with Crippen LogP contribution in [0, 0.1) is 11.3 Å². The molecule has 0 aliphatic rings. The second kappa shape index (κ2) is 10.4. The number of carboxylic acids is 1. The quantitative estimate of drug-likeness (QED) is 0.226. The molecule has 20 heavy (non-hydrogen) atoms. The molecule has 0 fully saturated rings. The molecule has 8 heteroatoms. The lowest BCUT2D eigenvalue weighted by Gasteiger charge is -2.04. The van der Waals surface area contributed by atoms with E-state index in [0.29, 0.717) is 6.61 Å². The van der Waals surface area contributed by atoms with Crippen molar-refractivity contribution >= 4 is 17.8 Å². The molecule has 1 amide bonds. The zero-order chi connectivity index (χ0) is 15.4. The maximum absolute atomic E-state index is 11.5. The number of nitrogens with one attached hydrogen (secondary N) is 2. The number of hydrogen-bond acceptors (Lipinski definition) is 6. The average molecular weight is 283 g/mol. The first-order valence-electron chi connectivity index (χ1n) is 6.00. The van der Waals surface area contributed by atoms with Crippen LogP contribution in [0.1, 0.15) is 19.8 Å². The molecule has 0 rings (SSSR count). The molecule has 0 aromatic carbocycles. The molecule has 0 aromatic rings. The SMILES string of the molecule is CCOC(=O)CCN/C=C(/C#N)C(=O)NCCC(=O)O. The number of nitriles is 1. The van der Waals surface area contributed by atoms with E-state index in [1.807, 2.05) is 0 Å². The summed E-state index contributed by atoms with van der Waals surface area (Å²) in [5, 5.41) is 22.1. The summed E-state index contributed by atoms with van der Waals surface area (Å²) in [6.07, 6.45) is 1.07. The predicted molar refractivity (Wildman–Crippen MR) is 68.2 cm³/mol. The van der Waals surface area contributed by atoms with E-state index in [1.165, 1.54) is 6.20 Å². The van der Waals surface area contributed by atoms with Gasteiger partial charge in [-0.25, -0.2) is 0 Å². The smallest absolute Gasteiger partial charge is 0.307 e. The van der Waals surface area contributed by atoms with Crippen LogP contribution in [-0.2, 0) is 19.1 Å². The molecule has 0 saturated heterocycles. The zero-order valence-corrected chi connectivity index (χ0v) is 11.1. The third-order valence-electron chi connectivity index (χ3n) is 2.01. The van der Waals surface area contributed by atoms with Gasteiger partial charge in [0.25, 0.3) is 5.91 Å². The van der Waals surface area contributed by atoms with E-state index in [4.69, 9.17) is 15.1 Å². The van der Waals surface area contributed by atoms with Crippen molar-refractivity contribution in [3.8, 4) is 6.07 Å². The summed E-state index contributed by atoms with van der Waals surface area (Å²) in [6, 6.07) is 1.68. The topological polar surface area (TPSA) is 129 Å². The number of nitrogens with zero attached hydrogens (tertiary/aromatic N) is 1. The van der Waals surface area contributed by atoms with Crippen molar-refractivity contribution in [1.82, 2.24) is 10.6 Å². The number of aliphatic carboxylic acids is 1. The van der Waals surface area contributed by atoms with Gasteiger partial charge in [-0.1, -0.05) is 0 Å². The summed E-state index contributed by atoms with van der Waals surface area (Å²) in [5.74, 6) is -2.09. The Bertz CT molecular complexity index is 425. The fraction of sp³-hybridized carbons (Fsp3) is 0.500. The third-order valence-corrected chi connectivity index (χ3v) is 2.01. The average Bonchev–Trinajstić information content (AvgIpc) is 2.38. The van der Waals surface area contributed by atoms with E-state index in [0.717, 1.165) is 0 Å². The summed E-state index contributed by atoms with van der Waals surface area (Å²) >= 11 is 0. The fourth-order valence-electron chi connectivity index (χ4n) is 1.11. The van der Waals surface area contributed by atoms with E-state index in [-0.39, 0.29) is 37.5 Å². The van der Waals surface area contributed by atoms with Crippen molar-refractivity contribution in [2.45, 2.75) is 19.8 Å². The predicted octanol–water partition coefficient (Wildman–Crippen LogP) is -0.472. The molecule has 0 aliphatic heterocycles. The number of amides is 1. The molecule has 8 nitrogen and oxygen atoms in total. The molecule has 0 spiro atoms. The Balaban J connectivity index is 4.08. The maximum Gasteiger partial charge on any atom is 0.307 e. The lowest BCUT2D eigenvalue weighted by atomic mass is 10.3. The van der Waals surface area contributed by atoms with Crippen LogP contribution in [0.5, 0.6) is 0 Å². The molecule has 0 unspecified atom stereocenters. The van der Waals surface area contributed by atoms with Crippen molar-refractivity contribution in [1.29, 1.82) is 5.26 Å². The number of esters is 1. The Labute approximate surface area is 116 Å². The van der Waals surface area contributed by atoms with Crippen molar-refractivity contribution in [3.05, 3.63) is 11.8 Å². The molecule has 0 bridgehead atoms. The first-order chi connectivity index (χ1) is 9.51. The number of rotatable bonds is 9. The Morgan fingerprint density at radius 2 is 2.00 bits per heavy atom. The van der Waals surface area contributed by atoms with Gasteiger partial charge in [0.2, 0.25) is 0 Å². The van der Waals surface area contributed by atoms with Crippen LogP contribution in [0.25, 0.3) is 0 Å². The van der Waals surface area contributed by atoms with Gasteiger partial charge < -0.3 is 20.5 Å². The number of ether oxygens (including phenoxy) is 1. The van der Waals surface area contributed by atoms with Gasteiger partial charge in [-0.15, -0.1) is 0 Å². The van der Waals surface area contributed by atoms with Gasteiger partial charge in [-0.3, -0.25) is 14.4 Å². The molecule has 0 atom stereocenters. The molecule has 0 aliphatic carbocycles. The normalized spacial score (nSPS) is 10.3. The van der Waals surface area contributed by atoms with Crippen LogP contribution in [0.3, 0.4) is 0 Å². The minimum absolute atomic E-state index is 0.0595. The Hall–Kier alpha value is -2.56. The van der Waals surface area contributed by atoms with Gasteiger partial charge in [0.15, 0.2) is 0 Å². The molecule has 0 saturated carbocycles. The highest BCUT2D eigenvalue weighted by molar-refractivity contribution is 5.97. The van der Waals surface area contributed by atoms with E-state index in [1.54, 1.807) is 13.0 Å². The van der Waals surface area contributed by atoms with Crippen LogP contribution in [0.2, 0.25) is 0 Å². The number of carbonyl (C=O) groups is 3. The summed E-state index contributed by atoms with van der Waals surface area (Å²) in [5.41, 5.74) is -0.195. The van der Waals surface area contributed by atoms with Gasteiger partial charge in [0.05, 0.1) is 19.4 Å². The number of hydrogen-bond donors (Lipinski definition) is 3. The van der Waals surface area contributed by atoms with E-state index in [9.17, 15) is 14.4 Å². The van der Waals surface area contributed by atoms with Crippen molar-refractivity contribution in [2.24, 2.45) is 0 Å². The summed E-state index contributed by atoms with van der Waals surface area (Å²) in [7, 11) is 0. The van der Waals surface area contributed by atoms with Gasteiger partial charge in [0.1, 0.15) is 11.6 Å². The van der Waals surface area contributed by atoms with Gasteiger partial charge in [-0.05, 0) is 6.92 Å². The summed E-state index contributed by atoms with van der Waals surface area (Å²) in [6.45, 7) is 2.16. The Kier molecular flexibility index (Phi) is 9.04. The van der Waals surface area contributed by atoms with E-state index < -0.39 is 11.9 Å². The second-order valence-electron chi connectivity index (χ2n) is 3.58. The first kappa shape index (κ1) is 17.4. The summed E-state index contributed by atoms with van der Waals surface area (Å²) in [4.78, 5) is 32.7. The molecular weight excluding hydrogens is 266 g/mol. The lowest BCUT2D eigenvalue weighted by Crippen LogP contribution is -2.28. The van der Waals surface area contributed by atoms with Crippen molar-refractivity contribution < 1.29 is 24.2 Å². The maximum atomic E-state index is 11.5. The van der Waals surface area contributed by atoms with Gasteiger partial charge >= 0.3 is 11.9 Å². The number of carbonyl (C=O) groups excluding carboxylic acids is 2. The van der Waals surface area contributed by atoms with Crippen LogP contribution in [0.15, 0.2) is 11.8 Å². The van der Waals surface area contributed by atoms with Crippen molar-refractivity contribution in [2.75, 3.05) is 19.7 Å². The lowest BCUT2D eigenvalue weighted by molar-refractivity contribution is -0.143. The fourth-order valence-corrected chi connectivity index (χ4v) is 1.11. The summed E-state index contributed by atoms with van der Waals surface area (Å²) < 4.78 is 4.70. The van der Waals surface area contributed by atoms with Crippen LogP contribution >= 0.6 is 0 Å². The Morgan fingerprint density at radius 1 is 1.30 bits per heavy atom. The van der Waals surface area contributed by atoms with Gasteiger partial charge in [-0.2, -0.15) is 5.26 Å². The minimum atomic E-state index is -1.04. The highest BCUT2D eigenvalue weighted by atomic mass is 16.5. The van der Waals surface area contributed by atoms with Crippen LogP contribution in [0.4, 0.5) is 0 Å². The molecular formula is C12H17N3O5. The van der Waals surface area contributed by atoms with E-state index in [2.05, 4.69) is 10.6 Å². The second-order valence-corrected chi connectivity index (χ2v) is 3.58. The van der Waals surface area contributed by atoms with Crippen LogP contribution < -0.4 is 10.6 Å². The van der Waals surface area contributed by atoms with Crippen molar-refractivity contribution in [3.63, 3.8) is 0 Å². The molecule has 0 aromatic heterocycles. The zero-order valence-electron chi connectivity index (χ0n) is 11.1.